The molecule has 0 saturated heterocycles. The highest BCUT2D eigenvalue weighted by Crippen LogP contribution is 2.22. The molecule has 0 radical (unpaired) electrons. The largest absolute Gasteiger partial charge is 0.398 e. The lowest BCUT2D eigenvalue weighted by molar-refractivity contribution is 0.309. The van der Waals surface area contributed by atoms with Crippen molar-refractivity contribution in [2.45, 2.75) is 18.7 Å². The Morgan fingerprint density at radius 1 is 1.32 bits per heavy atom. The number of nitrogens with two attached hydrogens (primary N) is 1. The van der Waals surface area contributed by atoms with Crippen LogP contribution in [0.5, 0.6) is 0 Å². The summed E-state index contributed by atoms with van der Waals surface area (Å²) in [6, 6.07) is 4.74. The average Bonchev–Trinajstić information content (AvgIpc) is 2.34. The normalized spacial score (nSPS) is 12.0. The lowest BCUT2D eigenvalue weighted by atomic mass is 10.3. The van der Waals surface area contributed by atoms with Crippen molar-refractivity contribution in [3.05, 3.63) is 22.7 Å². The zero-order valence-electron chi connectivity index (χ0n) is 11.2. The van der Waals surface area contributed by atoms with Crippen LogP contribution < -0.4 is 10.5 Å². The van der Waals surface area contributed by atoms with Gasteiger partial charge in [-0.3, -0.25) is 0 Å². The summed E-state index contributed by atoms with van der Waals surface area (Å²) in [7, 11) is -3.54. The van der Waals surface area contributed by atoms with Crippen molar-refractivity contribution in [2.24, 2.45) is 0 Å². The number of nitrogens with zero attached hydrogens (tertiary/aromatic N) is 1. The summed E-state index contributed by atoms with van der Waals surface area (Å²) in [6.07, 6.45) is 0. The molecular weight excluding hydrogens is 330 g/mol. The smallest absolute Gasteiger partial charge is 0.242 e. The number of likely N-dealkylation sites (N-methyl/N-ethyl adjacent to an activating group) is 1. The van der Waals surface area contributed by atoms with Gasteiger partial charge in [0.1, 0.15) is 4.90 Å². The topological polar surface area (TPSA) is 75.4 Å². The van der Waals surface area contributed by atoms with Gasteiger partial charge >= 0.3 is 0 Å². The van der Waals surface area contributed by atoms with Gasteiger partial charge in [-0.25, -0.2) is 13.1 Å². The van der Waals surface area contributed by atoms with Crippen molar-refractivity contribution in [3.63, 3.8) is 0 Å². The molecular formula is C12H20BrN3O2S. The third-order valence-corrected chi connectivity index (χ3v) is 4.90. The molecule has 0 aliphatic carbocycles. The molecule has 0 heterocycles. The highest BCUT2D eigenvalue weighted by Gasteiger charge is 2.17. The molecule has 0 spiro atoms. The molecule has 0 unspecified atom stereocenters. The van der Waals surface area contributed by atoms with E-state index in [4.69, 9.17) is 5.73 Å². The number of hydrogen-bond acceptors (Lipinski definition) is 4. The maximum absolute atomic E-state index is 12.1. The Morgan fingerprint density at radius 2 is 1.95 bits per heavy atom. The highest BCUT2D eigenvalue weighted by molar-refractivity contribution is 9.10. The van der Waals surface area contributed by atoms with Crippen molar-refractivity contribution in [1.29, 1.82) is 0 Å². The van der Waals surface area contributed by atoms with Crippen LogP contribution in [0.2, 0.25) is 0 Å². The zero-order chi connectivity index (χ0) is 14.5. The van der Waals surface area contributed by atoms with Crippen LogP contribution in [0.4, 0.5) is 5.69 Å². The van der Waals surface area contributed by atoms with Crippen LogP contribution in [0.3, 0.4) is 0 Å². The third kappa shape index (κ3) is 4.76. The van der Waals surface area contributed by atoms with E-state index >= 15 is 0 Å². The van der Waals surface area contributed by atoms with Gasteiger partial charge in [-0.05, 0) is 31.3 Å². The van der Waals surface area contributed by atoms with Crippen molar-refractivity contribution in [1.82, 2.24) is 9.62 Å². The molecule has 0 atom stereocenters. The van der Waals surface area contributed by atoms with E-state index in [0.29, 0.717) is 13.1 Å². The summed E-state index contributed by atoms with van der Waals surface area (Å²) in [5.74, 6) is 0. The van der Waals surface area contributed by atoms with E-state index in [1.54, 1.807) is 12.1 Å². The highest BCUT2D eigenvalue weighted by atomic mass is 79.9. The summed E-state index contributed by atoms with van der Waals surface area (Å²) in [6.45, 7) is 6.95. The summed E-state index contributed by atoms with van der Waals surface area (Å²) in [4.78, 5) is 2.27. The molecule has 0 fully saturated rings. The molecule has 19 heavy (non-hydrogen) atoms. The van der Waals surface area contributed by atoms with Crippen molar-refractivity contribution in [3.8, 4) is 0 Å². The lowest BCUT2D eigenvalue weighted by Crippen LogP contribution is -2.35. The van der Waals surface area contributed by atoms with E-state index in [0.717, 1.165) is 17.6 Å². The molecule has 0 aromatic heterocycles. The number of sulfonamides is 1. The summed E-state index contributed by atoms with van der Waals surface area (Å²) < 4.78 is 27.5. The molecule has 0 aliphatic heterocycles. The van der Waals surface area contributed by atoms with E-state index in [2.05, 4.69) is 25.6 Å². The number of rotatable bonds is 7. The minimum absolute atomic E-state index is 0.121. The van der Waals surface area contributed by atoms with Gasteiger partial charge in [0, 0.05) is 17.6 Å². The first-order valence-electron chi connectivity index (χ1n) is 6.17. The molecule has 1 aromatic rings. The van der Waals surface area contributed by atoms with E-state index in [1.165, 1.54) is 6.07 Å². The second kappa shape index (κ2) is 7.23. The van der Waals surface area contributed by atoms with E-state index in [1.807, 2.05) is 13.8 Å². The van der Waals surface area contributed by atoms with Gasteiger partial charge in [0.2, 0.25) is 10.0 Å². The predicted molar refractivity (Wildman–Crippen MR) is 81.5 cm³/mol. The fourth-order valence-corrected chi connectivity index (χ4v) is 3.23. The molecule has 0 saturated carbocycles. The molecule has 0 amide bonds. The van der Waals surface area contributed by atoms with Crippen LogP contribution in [0.1, 0.15) is 13.8 Å². The van der Waals surface area contributed by atoms with Gasteiger partial charge in [0.25, 0.3) is 0 Å². The van der Waals surface area contributed by atoms with Crippen LogP contribution in [-0.2, 0) is 10.0 Å². The Balaban J connectivity index is 2.71. The van der Waals surface area contributed by atoms with Crippen molar-refractivity contribution < 1.29 is 8.42 Å². The molecule has 0 bridgehead atoms. The number of benzene rings is 1. The van der Waals surface area contributed by atoms with Crippen LogP contribution in [0.15, 0.2) is 27.6 Å². The quantitative estimate of drug-likeness (QED) is 0.734. The van der Waals surface area contributed by atoms with Gasteiger partial charge in [-0.1, -0.05) is 29.8 Å². The molecule has 1 aromatic carbocycles. The molecule has 7 heteroatoms. The molecule has 3 N–H and O–H groups in total. The Hall–Kier alpha value is -0.630. The van der Waals surface area contributed by atoms with Gasteiger partial charge in [-0.15, -0.1) is 0 Å². The fraction of sp³-hybridized carbons (Fsp3) is 0.500. The summed E-state index contributed by atoms with van der Waals surface area (Å²) >= 11 is 3.25. The van der Waals surface area contributed by atoms with Crippen LogP contribution in [0, 0.1) is 0 Å². The minimum atomic E-state index is -3.54. The standard InChI is InChI=1S/C12H20BrN3O2S/c1-3-16(4-2)8-7-15-19(17,18)12-6-5-10(13)9-11(12)14/h5-6,9,15H,3-4,7-8,14H2,1-2H3. The Labute approximate surface area is 123 Å². The number of anilines is 1. The lowest BCUT2D eigenvalue weighted by Gasteiger charge is -2.18. The Bertz CT molecular complexity index is 516. The number of halogens is 1. The monoisotopic (exact) mass is 349 g/mol. The van der Waals surface area contributed by atoms with Gasteiger partial charge < -0.3 is 10.6 Å². The Kier molecular flexibility index (Phi) is 6.25. The van der Waals surface area contributed by atoms with Gasteiger partial charge in [0.15, 0.2) is 0 Å². The van der Waals surface area contributed by atoms with Crippen molar-refractivity contribution in [2.75, 3.05) is 31.9 Å². The number of hydrogen-bond donors (Lipinski definition) is 2. The Morgan fingerprint density at radius 3 is 2.47 bits per heavy atom. The first-order valence-corrected chi connectivity index (χ1v) is 8.45. The molecule has 1 rings (SSSR count). The van der Waals surface area contributed by atoms with Crippen molar-refractivity contribution >= 4 is 31.6 Å². The number of nitrogen functional groups attached to an aromatic ring is 1. The zero-order valence-corrected chi connectivity index (χ0v) is 13.6. The van der Waals surface area contributed by atoms with Crippen LogP contribution in [0.25, 0.3) is 0 Å². The SMILES string of the molecule is CCN(CC)CCNS(=O)(=O)c1ccc(Br)cc1N. The third-order valence-electron chi connectivity index (χ3n) is 2.88. The fourth-order valence-electron chi connectivity index (χ4n) is 1.72. The minimum Gasteiger partial charge on any atom is -0.398 e. The van der Waals surface area contributed by atoms with E-state index in [9.17, 15) is 8.42 Å². The summed E-state index contributed by atoms with van der Waals surface area (Å²) in [5, 5.41) is 0. The molecule has 0 aliphatic rings. The van der Waals surface area contributed by atoms with Gasteiger partial charge in [0.05, 0.1) is 5.69 Å². The predicted octanol–water partition coefficient (Wildman–Crippen LogP) is 1.65. The molecule has 5 nitrogen and oxygen atoms in total. The maximum atomic E-state index is 12.1. The summed E-state index contributed by atoms with van der Waals surface area (Å²) in [5.41, 5.74) is 5.97. The average molecular weight is 350 g/mol. The maximum Gasteiger partial charge on any atom is 0.242 e. The van der Waals surface area contributed by atoms with Crippen LogP contribution >= 0.6 is 15.9 Å². The van der Waals surface area contributed by atoms with Gasteiger partial charge in [-0.2, -0.15) is 0 Å². The van der Waals surface area contributed by atoms with E-state index < -0.39 is 10.0 Å². The number of nitrogens with one attached hydrogen (secondary N) is 1. The second-order valence-electron chi connectivity index (χ2n) is 4.11. The first kappa shape index (κ1) is 16.4. The second-order valence-corrected chi connectivity index (χ2v) is 6.76. The first-order chi connectivity index (χ1) is 8.90. The van der Waals surface area contributed by atoms with E-state index in [-0.39, 0.29) is 10.6 Å². The van der Waals surface area contributed by atoms with Crippen LogP contribution in [-0.4, -0.2) is 39.5 Å². The molecule has 108 valence electrons.